The number of anilines is 1. The van der Waals surface area contributed by atoms with Crippen LogP contribution in [0.25, 0.3) is 0 Å². The highest BCUT2D eigenvalue weighted by Gasteiger charge is 2.29. The third-order valence-electron chi connectivity index (χ3n) is 4.63. The number of carbonyl (C=O) groups is 1. The number of carbonyl (C=O) groups excluding carboxylic acids is 1. The summed E-state index contributed by atoms with van der Waals surface area (Å²) in [5.74, 6) is 0.176. The van der Waals surface area contributed by atoms with Crippen molar-refractivity contribution in [2.24, 2.45) is 0 Å². The minimum atomic E-state index is -3.75. The van der Waals surface area contributed by atoms with Crippen LogP contribution in [0.2, 0.25) is 0 Å². The lowest BCUT2D eigenvalue weighted by Crippen LogP contribution is -2.40. The van der Waals surface area contributed by atoms with Gasteiger partial charge in [-0.05, 0) is 65.2 Å². The van der Waals surface area contributed by atoms with Crippen LogP contribution in [0.4, 0.5) is 5.69 Å². The van der Waals surface area contributed by atoms with E-state index < -0.39 is 15.9 Å². The van der Waals surface area contributed by atoms with Crippen molar-refractivity contribution in [2.45, 2.75) is 25.2 Å². The summed E-state index contributed by atoms with van der Waals surface area (Å²) in [6, 6.07) is 10.1. The van der Waals surface area contributed by atoms with Gasteiger partial charge in [-0.3, -0.25) is 4.79 Å². The van der Waals surface area contributed by atoms with Crippen LogP contribution >= 0.6 is 15.9 Å². The molecule has 162 valence electrons. The van der Waals surface area contributed by atoms with Crippen molar-refractivity contribution in [1.82, 2.24) is 4.31 Å². The zero-order chi connectivity index (χ0) is 21.7. The first-order valence-electron chi connectivity index (χ1n) is 9.75. The Bertz CT molecular complexity index is 1020. The number of rotatable bonds is 7. The average molecular weight is 497 g/mol. The number of hydrogen-bond acceptors (Lipinski definition) is 5. The van der Waals surface area contributed by atoms with Gasteiger partial charge in [-0.25, -0.2) is 8.42 Å². The summed E-state index contributed by atoms with van der Waals surface area (Å²) < 4.78 is 38.8. The van der Waals surface area contributed by atoms with Gasteiger partial charge in [0.05, 0.1) is 30.4 Å². The number of amides is 1. The van der Waals surface area contributed by atoms with Gasteiger partial charge in [-0.15, -0.1) is 0 Å². The van der Waals surface area contributed by atoms with Crippen molar-refractivity contribution >= 4 is 37.5 Å². The van der Waals surface area contributed by atoms with E-state index in [0.29, 0.717) is 35.7 Å². The highest BCUT2D eigenvalue weighted by atomic mass is 79.9. The fourth-order valence-corrected chi connectivity index (χ4v) is 5.39. The molecule has 1 amide bonds. The number of ether oxygens (including phenoxy) is 2. The standard InChI is InChI=1S/C21H25BrN2O5S/c1-3-10-29-19-13-15(2)4-7-18(19)23-21(25)16-5-6-17(22)20(14-16)30(26,27)24-8-11-28-12-9-24/h4-7,13-14H,3,8-12H2,1-2H3,(H,23,25). The smallest absolute Gasteiger partial charge is 0.255 e. The summed E-state index contributed by atoms with van der Waals surface area (Å²) >= 11 is 3.31. The predicted molar refractivity (Wildman–Crippen MR) is 119 cm³/mol. The Morgan fingerprint density at radius 1 is 1.20 bits per heavy atom. The molecule has 2 aromatic rings. The van der Waals surface area contributed by atoms with Gasteiger partial charge in [0.15, 0.2) is 0 Å². The van der Waals surface area contributed by atoms with Gasteiger partial charge in [-0.2, -0.15) is 4.31 Å². The molecule has 1 saturated heterocycles. The molecule has 1 heterocycles. The first-order chi connectivity index (χ1) is 14.3. The van der Waals surface area contributed by atoms with Gasteiger partial charge in [0.2, 0.25) is 10.0 Å². The third kappa shape index (κ3) is 5.21. The van der Waals surface area contributed by atoms with Crippen LogP contribution in [0, 0.1) is 6.92 Å². The van der Waals surface area contributed by atoms with E-state index in [1.807, 2.05) is 26.0 Å². The molecule has 30 heavy (non-hydrogen) atoms. The lowest BCUT2D eigenvalue weighted by molar-refractivity contribution is 0.0730. The van der Waals surface area contributed by atoms with Crippen LogP contribution in [0.15, 0.2) is 45.8 Å². The number of nitrogens with zero attached hydrogens (tertiary/aromatic N) is 1. The Balaban J connectivity index is 1.87. The second-order valence-electron chi connectivity index (χ2n) is 6.96. The zero-order valence-electron chi connectivity index (χ0n) is 17.0. The van der Waals surface area contributed by atoms with Crippen molar-refractivity contribution in [3.05, 3.63) is 52.0 Å². The molecule has 1 aliphatic rings. The number of hydrogen-bond donors (Lipinski definition) is 1. The SMILES string of the molecule is CCCOc1cc(C)ccc1NC(=O)c1ccc(Br)c(S(=O)(=O)N2CCOCC2)c1. The highest BCUT2D eigenvalue weighted by molar-refractivity contribution is 9.10. The number of sulfonamides is 1. The highest BCUT2D eigenvalue weighted by Crippen LogP contribution is 2.29. The van der Waals surface area contributed by atoms with Gasteiger partial charge in [0.1, 0.15) is 5.75 Å². The average Bonchev–Trinajstić information content (AvgIpc) is 2.74. The lowest BCUT2D eigenvalue weighted by Gasteiger charge is -2.26. The molecule has 0 spiro atoms. The molecule has 0 bridgehead atoms. The molecular formula is C21H25BrN2O5S. The molecule has 1 N–H and O–H groups in total. The van der Waals surface area contributed by atoms with Gasteiger partial charge < -0.3 is 14.8 Å². The second-order valence-corrected chi connectivity index (χ2v) is 9.72. The lowest BCUT2D eigenvalue weighted by atomic mass is 10.1. The van der Waals surface area contributed by atoms with Gasteiger partial charge in [-0.1, -0.05) is 13.0 Å². The number of morpholine rings is 1. The van der Waals surface area contributed by atoms with Gasteiger partial charge >= 0.3 is 0 Å². The summed E-state index contributed by atoms with van der Waals surface area (Å²) in [4.78, 5) is 12.9. The molecule has 0 saturated carbocycles. The maximum atomic E-state index is 13.0. The second kappa shape index (κ2) is 9.91. The fourth-order valence-electron chi connectivity index (χ4n) is 3.03. The number of aryl methyl sites for hydroxylation is 1. The van der Waals surface area contributed by atoms with Gasteiger partial charge in [0.25, 0.3) is 5.91 Å². The maximum Gasteiger partial charge on any atom is 0.255 e. The quantitative estimate of drug-likeness (QED) is 0.629. The summed E-state index contributed by atoms with van der Waals surface area (Å²) in [6.07, 6.45) is 0.844. The normalized spacial score (nSPS) is 15.0. The Labute approximate surface area is 185 Å². The van der Waals surface area contributed by atoms with Crippen molar-refractivity contribution in [1.29, 1.82) is 0 Å². The summed E-state index contributed by atoms with van der Waals surface area (Å²) in [6.45, 7) is 5.76. The van der Waals surface area contributed by atoms with Crippen molar-refractivity contribution < 1.29 is 22.7 Å². The van der Waals surface area contributed by atoms with Crippen molar-refractivity contribution in [3.63, 3.8) is 0 Å². The van der Waals surface area contributed by atoms with E-state index in [1.54, 1.807) is 18.2 Å². The van der Waals surface area contributed by atoms with Crippen LogP contribution in [0.3, 0.4) is 0 Å². The maximum absolute atomic E-state index is 13.0. The largest absolute Gasteiger partial charge is 0.491 e. The monoisotopic (exact) mass is 496 g/mol. The molecule has 1 fully saturated rings. The third-order valence-corrected chi connectivity index (χ3v) is 7.52. The first kappa shape index (κ1) is 22.7. The summed E-state index contributed by atoms with van der Waals surface area (Å²) in [7, 11) is -3.75. The van der Waals surface area contributed by atoms with Crippen molar-refractivity contribution in [3.8, 4) is 5.75 Å². The summed E-state index contributed by atoms with van der Waals surface area (Å²) in [5, 5.41) is 2.83. The number of benzene rings is 2. The Kier molecular flexibility index (Phi) is 7.51. The number of nitrogens with one attached hydrogen (secondary N) is 1. The topological polar surface area (TPSA) is 84.9 Å². The molecule has 9 heteroatoms. The Morgan fingerprint density at radius 3 is 2.63 bits per heavy atom. The van der Waals surface area contributed by atoms with Crippen molar-refractivity contribution in [2.75, 3.05) is 38.2 Å². The molecule has 7 nitrogen and oxygen atoms in total. The molecule has 3 rings (SSSR count). The Morgan fingerprint density at radius 2 is 1.93 bits per heavy atom. The van der Waals surface area contributed by atoms with Gasteiger partial charge in [0, 0.05) is 23.1 Å². The molecule has 0 aromatic heterocycles. The molecular weight excluding hydrogens is 472 g/mol. The minimum Gasteiger partial charge on any atom is -0.491 e. The van der Waals surface area contributed by atoms with Crippen LogP contribution in [0.5, 0.6) is 5.75 Å². The molecule has 0 radical (unpaired) electrons. The van der Waals surface area contributed by atoms with E-state index in [1.165, 1.54) is 10.4 Å². The minimum absolute atomic E-state index is 0.0587. The summed E-state index contributed by atoms with van der Waals surface area (Å²) in [5.41, 5.74) is 1.80. The first-order valence-corrected chi connectivity index (χ1v) is 12.0. The predicted octanol–water partition coefficient (Wildman–Crippen LogP) is 3.82. The van der Waals surface area contributed by atoms with E-state index in [0.717, 1.165) is 12.0 Å². The van der Waals surface area contributed by atoms with E-state index in [2.05, 4.69) is 21.2 Å². The van der Waals surface area contributed by atoms with E-state index in [-0.39, 0.29) is 23.5 Å². The zero-order valence-corrected chi connectivity index (χ0v) is 19.4. The van der Waals surface area contributed by atoms with Crippen LogP contribution in [-0.4, -0.2) is 51.5 Å². The van der Waals surface area contributed by atoms with E-state index in [4.69, 9.17) is 9.47 Å². The number of halogens is 1. The Hall–Kier alpha value is -1.94. The molecule has 0 atom stereocenters. The molecule has 0 unspecified atom stereocenters. The van der Waals surface area contributed by atoms with Crippen LogP contribution in [0.1, 0.15) is 29.3 Å². The van der Waals surface area contributed by atoms with E-state index >= 15 is 0 Å². The molecule has 0 aliphatic carbocycles. The fraction of sp³-hybridized carbons (Fsp3) is 0.381. The van der Waals surface area contributed by atoms with Crippen LogP contribution < -0.4 is 10.1 Å². The van der Waals surface area contributed by atoms with E-state index in [9.17, 15) is 13.2 Å². The van der Waals surface area contributed by atoms with Crippen LogP contribution in [-0.2, 0) is 14.8 Å². The molecule has 1 aliphatic heterocycles. The molecule has 2 aromatic carbocycles.